The standard InChI is InChI=1S/C19H19N3O.C16H21N3O/c1-13-6-9-17(16-5-3-2-4-15(13)16)23-18-10-11-20-19(22-18)21-12-14-7-8-14;1-11-6-8-13(9-7-11)19-15(17-12(2)20)10-14(18-19)16(3,4)5/h2-6,9-11,14H,7-8,12H2,1H3,(H,20,21,22);6-10H,1-5H3,(H,17,20). The molecule has 0 radical (unpaired) electrons. The van der Waals surface area contributed by atoms with Gasteiger partial charge in [-0.2, -0.15) is 10.1 Å². The highest BCUT2D eigenvalue weighted by Gasteiger charge is 2.22. The van der Waals surface area contributed by atoms with E-state index in [-0.39, 0.29) is 11.3 Å². The van der Waals surface area contributed by atoms with Gasteiger partial charge in [0.05, 0.1) is 11.4 Å². The summed E-state index contributed by atoms with van der Waals surface area (Å²) in [5.41, 5.74) is 4.25. The Morgan fingerprint density at radius 2 is 1.70 bits per heavy atom. The molecular weight excluding hydrogens is 536 g/mol. The van der Waals surface area contributed by atoms with Crippen LogP contribution in [0.4, 0.5) is 11.8 Å². The van der Waals surface area contributed by atoms with Gasteiger partial charge in [0.2, 0.25) is 17.7 Å². The van der Waals surface area contributed by atoms with Crippen molar-refractivity contribution in [2.45, 2.75) is 59.8 Å². The van der Waals surface area contributed by atoms with E-state index in [1.165, 1.54) is 36.3 Å². The molecule has 6 rings (SSSR count). The SMILES string of the molecule is CC(=O)Nc1cc(C(C)(C)C)nn1-c1ccc(C)cc1.Cc1ccc(Oc2ccnc(NCC3CC3)n2)c2ccccc12. The van der Waals surface area contributed by atoms with Gasteiger partial charge in [-0.3, -0.25) is 4.79 Å². The Morgan fingerprint density at radius 1 is 0.977 bits per heavy atom. The van der Waals surface area contributed by atoms with E-state index in [0.29, 0.717) is 17.6 Å². The van der Waals surface area contributed by atoms with Crippen molar-refractivity contribution in [3.05, 3.63) is 95.8 Å². The maximum Gasteiger partial charge on any atom is 0.225 e. The Hall–Kier alpha value is -4.72. The fraction of sp³-hybridized carbons (Fsp3) is 0.314. The molecule has 43 heavy (non-hydrogen) atoms. The minimum absolute atomic E-state index is 0.0663. The van der Waals surface area contributed by atoms with Crippen LogP contribution in [0.5, 0.6) is 11.6 Å². The number of aryl methyl sites for hydroxylation is 2. The summed E-state index contributed by atoms with van der Waals surface area (Å²) >= 11 is 0. The summed E-state index contributed by atoms with van der Waals surface area (Å²) < 4.78 is 7.80. The summed E-state index contributed by atoms with van der Waals surface area (Å²) in [5, 5.41) is 13.0. The summed E-state index contributed by atoms with van der Waals surface area (Å²) in [4.78, 5) is 20.1. The fourth-order valence-corrected chi connectivity index (χ4v) is 4.57. The molecule has 0 bridgehead atoms. The molecule has 0 saturated heterocycles. The highest BCUT2D eigenvalue weighted by atomic mass is 16.5. The van der Waals surface area contributed by atoms with Crippen LogP contribution in [-0.2, 0) is 10.2 Å². The molecule has 1 aliphatic rings. The van der Waals surface area contributed by atoms with Crippen LogP contribution in [0.15, 0.2) is 79.0 Å². The third-order valence-electron chi connectivity index (χ3n) is 7.25. The Labute approximate surface area is 253 Å². The number of carbonyl (C=O) groups is 1. The lowest BCUT2D eigenvalue weighted by Gasteiger charge is -2.14. The number of nitrogens with zero attached hydrogens (tertiary/aromatic N) is 4. The summed E-state index contributed by atoms with van der Waals surface area (Å²) in [6, 6.07) is 24.1. The monoisotopic (exact) mass is 576 g/mol. The van der Waals surface area contributed by atoms with Gasteiger partial charge in [0, 0.05) is 42.6 Å². The molecule has 8 heteroatoms. The van der Waals surface area contributed by atoms with E-state index in [9.17, 15) is 4.79 Å². The van der Waals surface area contributed by atoms with E-state index in [2.05, 4.69) is 71.6 Å². The molecule has 1 amide bonds. The number of carbonyl (C=O) groups excluding carboxylic acids is 1. The second-order valence-corrected chi connectivity index (χ2v) is 12.2. The van der Waals surface area contributed by atoms with Crippen molar-refractivity contribution in [1.29, 1.82) is 0 Å². The van der Waals surface area contributed by atoms with Gasteiger partial charge in [-0.25, -0.2) is 9.67 Å². The average Bonchev–Trinajstić information content (AvgIpc) is 3.71. The van der Waals surface area contributed by atoms with E-state index < -0.39 is 0 Å². The quantitative estimate of drug-likeness (QED) is 0.204. The Kier molecular flexibility index (Phi) is 8.76. The van der Waals surface area contributed by atoms with E-state index in [0.717, 1.165) is 35.0 Å². The van der Waals surface area contributed by atoms with E-state index >= 15 is 0 Å². The van der Waals surface area contributed by atoms with Crippen molar-refractivity contribution in [2.24, 2.45) is 5.92 Å². The summed E-state index contributed by atoms with van der Waals surface area (Å²) in [5.74, 6) is 3.39. The smallest absolute Gasteiger partial charge is 0.225 e. The molecule has 2 aromatic heterocycles. The summed E-state index contributed by atoms with van der Waals surface area (Å²) in [6.07, 6.45) is 4.34. The van der Waals surface area contributed by atoms with Gasteiger partial charge in [0.25, 0.3) is 0 Å². The van der Waals surface area contributed by atoms with E-state index in [4.69, 9.17) is 4.74 Å². The van der Waals surface area contributed by atoms with Crippen molar-refractivity contribution >= 4 is 28.4 Å². The molecule has 1 aliphatic carbocycles. The number of amides is 1. The highest BCUT2D eigenvalue weighted by Crippen LogP contribution is 2.32. The number of nitrogens with one attached hydrogen (secondary N) is 2. The molecule has 8 nitrogen and oxygen atoms in total. The van der Waals surface area contributed by atoms with Gasteiger partial charge in [-0.15, -0.1) is 0 Å². The number of fused-ring (bicyclic) bond motifs is 1. The predicted octanol–water partition coefficient (Wildman–Crippen LogP) is 7.99. The average molecular weight is 577 g/mol. The first-order chi connectivity index (χ1) is 20.6. The Bertz CT molecular complexity index is 1720. The van der Waals surface area contributed by atoms with Crippen LogP contribution in [0.3, 0.4) is 0 Å². The van der Waals surface area contributed by atoms with Crippen molar-refractivity contribution < 1.29 is 9.53 Å². The second kappa shape index (κ2) is 12.7. The maximum absolute atomic E-state index is 11.4. The lowest BCUT2D eigenvalue weighted by atomic mass is 9.92. The summed E-state index contributed by atoms with van der Waals surface area (Å²) in [6.45, 7) is 12.9. The fourth-order valence-electron chi connectivity index (χ4n) is 4.57. The lowest BCUT2D eigenvalue weighted by molar-refractivity contribution is -0.114. The predicted molar refractivity (Wildman–Crippen MR) is 173 cm³/mol. The zero-order valence-electron chi connectivity index (χ0n) is 25.8. The molecule has 0 spiro atoms. The van der Waals surface area contributed by atoms with Crippen LogP contribution in [0.1, 0.15) is 57.4 Å². The molecule has 222 valence electrons. The number of hydrogen-bond donors (Lipinski definition) is 2. The van der Waals surface area contributed by atoms with Crippen molar-refractivity contribution in [3.63, 3.8) is 0 Å². The Morgan fingerprint density at radius 3 is 2.37 bits per heavy atom. The molecule has 2 N–H and O–H groups in total. The molecule has 1 saturated carbocycles. The second-order valence-electron chi connectivity index (χ2n) is 12.2. The van der Waals surface area contributed by atoms with Crippen molar-refractivity contribution in [3.8, 4) is 17.3 Å². The van der Waals surface area contributed by atoms with Crippen LogP contribution in [0, 0.1) is 19.8 Å². The zero-order chi connectivity index (χ0) is 30.6. The van der Waals surface area contributed by atoms with Gasteiger partial charge in [0.1, 0.15) is 11.6 Å². The number of benzene rings is 3. The highest BCUT2D eigenvalue weighted by molar-refractivity contribution is 5.91. The van der Waals surface area contributed by atoms with Gasteiger partial charge >= 0.3 is 0 Å². The first kappa shape index (κ1) is 29.8. The van der Waals surface area contributed by atoms with Gasteiger partial charge in [0.15, 0.2) is 0 Å². The van der Waals surface area contributed by atoms with Crippen LogP contribution in [-0.4, -0.2) is 32.2 Å². The third-order valence-corrected chi connectivity index (χ3v) is 7.25. The van der Waals surface area contributed by atoms with Crippen LogP contribution in [0.2, 0.25) is 0 Å². The first-order valence-corrected chi connectivity index (χ1v) is 14.7. The molecule has 0 unspecified atom stereocenters. The minimum atomic E-state index is -0.0984. The zero-order valence-corrected chi connectivity index (χ0v) is 25.8. The summed E-state index contributed by atoms with van der Waals surface area (Å²) in [7, 11) is 0. The third kappa shape index (κ3) is 7.77. The normalized spacial score (nSPS) is 12.8. The number of rotatable bonds is 7. The van der Waals surface area contributed by atoms with Crippen molar-refractivity contribution in [2.75, 3.05) is 17.2 Å². The first-order valence-electron chi connectivity index (χ1n) is 14.7. The molecule has 0 aliphatic heterocycles. The van der Waals surface area contributed by atoms with Gasteiger partial charge in [-0.1, -0.05) is 68.8 Å². The van der Waals surface area contributed by atoms with E-state index in [1.807, 2.05) is 55.5 Å². The molecule has 0 atom stereocenters. The van der Waals surface area contributed by atoms with Gasteiger partial charge < -0.3 is 15.4 Å². The minimum Gasteiger partial charge on any atom is -0.438 e. The maximum atomic E-state index is 11.4. The van der Waals surface area contributed by atoms with Crippen LogP contribution < -0.4 is 15.4 Å². The van der Waals surface area contributed by atoms with Gasteiger partial charge in [-0.05, 0) is 61.8 Å². The Balaban J connectivity index is 0.000000173. The molecule has 3 aromatic carbocycles. The largest absolute Gasteiger partial charge is 0.438 e. The van der Waals surface area contributed by atoms with E-state index in [1.54, 1.807) is 16.9 Å². The number of aromatic nitrogens is 4. The molecule has 2 heterocycles. The molecular formula is C35H40N6O2. The van der Waals surface area contributed by atoms with Crippen LogP contribution in [0.25, 0.3) is 16.5 Å². The lowest BCUT2D eigenvalue weighted by Crippen LogP contribution is -2.13. The number of anilines is 2. The van der Waals surface area contributed by atoms with Crippen molar-refractivity contribution in [1.82, 2.24) is 19.7 Å². The number of hydrogen-bond acceptors (Lipinski definition) is 6. The molecule has 1 fully saturated rings. The topological polar surface area (TPSA) is 94.0 Å². The van der Waals surface area contributed by atoms with Crippen LogP contribution >= 0.6 is 0 Å². The number of ether oxygens (including phenoxy) is 1. The molecule has 5 aromatic rings.